The van der Waals surface area contributed by atoms with Crippen molar-refractivity contribution in [2.45, 2.75) is 0 Å². The summed E-state index contributed by atoms with van der Waals surface area (Å²) in [6, 6.07) is 10.0. The van der Waals surface area contributed by atoms with E-state index in [1.165, 1.54) is 12.1 Å². The maximum Gasteiger partial charge on any atom is 0.277 e. The number of nitrogens with zero attached hydrogens (tertiary/aromatic N) is 2. The minimum absolute atomic E-state index is 0.261. The zero-order valence-electron chi connectivity index (χ0n) is 9.68. The molecule has 0 aliphatic rings. The lowest BCUT2D eigenvalue weighted by atomic mass is 10.2. The van der Waals surface area contributed by atoms with Gasteiger partial charge in [-0.2, -0.15) is 10.2 Å². The highest BCUT2D eigenvalue weighted by Gasteiger charge is 2.14. The molecule has 7 heteroatoms. The lowest BCUT2D eigenvalue weighted by Crippen LogP contribution is -2.16. The third kappa shape index (κ3) is 2.08. The summed E-state index contributed by atoms with van der Waals surface area (Å²) in [6.07, 6.45) is 0. The van der Waals surface area contributed by atoms with E-state index in [0.717, 1.165) is 10.9 Å². The van der Waals surface area contributed by atoms with Crippen LogP contribution in [-0.4, -0.2) is 26.3 Å². The molecular formula is C12H9N5O2. The number of H-pyrrole nitrogens is 2. The zero-order valence-corrected chi connectivity index (χ0v) is 9.68. The molecule has 7 nitrogen and oxygen atoms in total. The van der Waals surface area contributed by atoms with Gasteiger partial charge in [0.2, 0.25) is 0 Å². The van der Waals surface area contributed by atoms with E-state index in [0.29, 0.717) is 0 Å². The number of nitrogens with one attached hydrogen (secondary N) is 3. The van der Waals surface area contributed by atoms with Crippen molar-refractivity contribution in [2.24, 2.45) is 0 Å². The van der Waals surface area contributed by atoms with Crippen LogP contribution in [0.2, 0.25) is 0 Å². The Morgan fingerprint density at radius 1 is 1.05 bits per heavy atom. The minimum atomic E-state index is -0.392. The van der Waals surface area contributed by atoms with Crippen molar-refractivity contribution in [3.63, 3.8) is 0 Å². The molecule has 94 valence electrons. The first-order valence-electron chi connectivity index (χ1n) is 5.54. The number of aromatic nitrogens is 4. The van der Waals surface area contributed by atoms with Gasteiger partial charge in [-0.25, -0.2) is 5.10 Å². The molecule has 0 aliphatic heterocycles. The average molecular weight is 255 g/mol. The number of fused-ring (bicyclic) bond motifs is 1. The topological polar surface area (TPSA) is 104 Å². The molecule has 0 saturated carbocycles. The molecule has 0 aliphatic carbocycles. The highest BCUT2D eigenvalue weighted by molar-refractivity contribution is 6.10. The quantitative estimate of drug-likeness (QED) is 0.632. The number of benzene rings is 1. The van der Waals surface area contributed by atoms with Crippen LogP contribution in [0.1, 0.15) is 10.5 Å². The molecule has 3 aromatic rings. The smallest absolute Gasteiger partial charge is 0.277 e. The van der Waals surface area contributed by atoms with Crippen molar-refractivity contribution in [3.05, 3.63) is 52.4 Å². The summed E-state index contributed by atoms with van der Waals surface area (Å²) in [7, 11) is 0. The summed E-state index contributed by atoms with van der Waals surface area (Å²) < 4.78 is 0. The van der Waals surface area contributed by atoms with Crippen LogP contribution >= 0.6 is 0 Å². The van der Waals surface area contributed by atoms with Gasteiger partial charge in [-0.15, -0.1) is 0 Å². The van der Waals surface area contributed by atoms with Gasteiger partial charge in [-0.05, 0) is 12.1 Å². The second kappa shape index (κ2) is 4.37. The molecule has 1 amide bonds. The Kier molecular flexibility index (Phi) is 2.57. The van der Waals surface area contributed by atoms with Crippen LogP contribution in [0.4, 0.5) is 5.82 Å². The summed E-state index contributed by atoms with van der Waals surface area (Å²) in [4.78, 5) is 22.9. The summed E-state index contributed by atoms with van der Waals surface area (Å²) in [5.41, 5.74) is 0.730. The van der Waals surface area contributed by atoms with Crippen LogP contribution in [0.5, 0.6) is 0 Å². The van der Waals surface area contributed by atoms with E-state index < -0.39 is 5.91 Å². The average Bonchev–Trinajstić information content (AvgIpc) is 2.85. The van der Waals surface area contributed by atoms with E-state index in [1.54, 1.807) is 6.07 Å². The number of rotatable bonds is 2. The standard InChI is InChI=1S/C12H9N5O2/c18-10-6-5-9(15-16-10)13-12(19)11-7-3-1-2-4-8(7)14-17-11/h1-6H,(H,14,17)(H,16,18)(H,13,15,19). The van der Waals surface area contributed by atoms with Crippen molar-refractivity contribution in [2.75, 3.05) is 5.32 Å². The Hall–Kier alpha value is -2.96. The molecule has 19 heavy (non-hydrogen) atoms. The van der Waals surface area contributed by atoms with Gasteiger partial charge in [0.05, 0.1) is 5.52 Å². The molecule has 0 saturated heterocycles. The molecule has 3 rings (SSSR count). The van der Waals surface area contributed by atoms with Crippen LogP contribution in [0.25, 0.3) is 10.9 Å². The first-order chi connectivity index (χ1) is 9.24. The summed E-state index contributed by atoms with van der Waals surface area (Å²) in [5.74, 6) is -0.131. The molecule has 0 bridgehead atoms. The van der Waals surface area contributed by atoms with Gasteiger partial charge in [-0.3, -0.25) is 14.7 Å². The molecule has 1 aromatic carbocycles. The van der Waals surface area contributed by atoms with Crippen molar-refractivity contribution >= 4 is 22.6 Å². The predicted molar refractivity (Wildman–Crippen MR) is 68.9 cm³/mol. The van der Waals surface area contributed by atoms with Crippen molar-refractivity contribution < 1.29 is 4.79 Å². The number of carbonyl (C=O) groups excluding carboxylic acids is 1. The highest BCUT2D eigenvalue weighted by atomic mass is 16.2. The Labute approximate surface area is 106 Å². The molecule has 0 fully saturated rings. The largest absolute Gasteiger partial charge is 0.304 e. The van der Waals surface area contributed by atoms with Gasteiger partial charge < -0.3 is 5.32 Å². The fourth-order valence-electron chi connectivity index (χ4n) is 1.73. The fourth-order valence-corrected chi connectivity index (χ4v) is 1.73. The second-order valence-electron chi connectivity index (χ2n) is 3.88. The summed E-state index contributed by atoms with van der Waals surface area (Å²) in [6.45, 7) is 0. The monoisotopic (exact) mass is 255 g/mol. The number of amides is 1. The number of hydrogen-bond acceptors (Lipinski definition) is 4. The zero-order chi connectivity index (χ0) is 13.2. The van der Waals surface area contributed by atoms with E-state index in [9.17, 15) is 9.59 Å². The van der Waals surface area contributed by atoms with Crippen molar-refractivity contribution in [1.82, 2.24) is 20.4 Å². The van der Waals surface area contributed by atoms with E-state index in [2.05, 4.69) is 25.7 Å². The summed E-state index contributed by atoms with van der Waals surface area (Å²) in [5, 5.41) is 16.0. The van der Waals surface area contributed by atoms with E-state index in [-0.39, 0.29) is 17.1 Å². The first kappa shape index (κ1) is 11.1. The third-order valence-corrected chi connectivity index (χ3v) is 2.61. The fraction of sp³-hybridized carbons (Fsp3) is 0. The van der Waals surface area contributed by atoms with Crippen LogP contribution in [0, 0.1) is 0 Å². The highest BCUT2D eigenvalue weighted by Crippen LogP contribution is 2.15. The molecule has 0 radical (unpaired) electrons. The lowest BCUT2D eigenvalue weighted by molar-refractivity contribution is 0.102. The third-order valence-electron chi connectivity index (χ3n) is 2.61. The Morgan fingerprint density at radius 2 is 1.89 bits per heavy atom. The van der Waals surface area contributed by atoms with Gasteiger partial charge >= 0.3 is 0 Å². The number of anilines is 1. The van der Waals surface area contributed by atoms with Crippen LogP contribution in [0.15, 0.2) is 41.2 Å². The number of carbonyl (C=O) groups is 1. The minimum Gasteiger partial charge on any atom is -0.304 e. The SMILES string of the molecule is O=C(Nc1ccc(=O)[nH]n1)c1n[nH]c2ccccc12. The lowest BCUT2D eigenvalue weighted by Gasteiger charge is -2.00. The number of para-hydroxylation sites is 1. The Morgan fingerprint density at radius 3 is 2.68 bits per heavy atom. The number of aromatic amines is 2. The van der Waals surface area contributed by atoms with E-state index >= 15 is 0 Å². The molecule has 0 spiro atoms. The maximum atomic E-state index is 12.0. The Bertz CT molecular complexity index is 784. The van der Waals surface area contributed by atoms with Crippen molar-refractivity contribution in [3.8, 4) is 0 Å². The number of hydrogen-bond donors (Lipinski definition) is 3. The van der Waals surface area contributed by atoms with Crippen LogP contribution < -0.4 is 10.9 Å². The van der Waals surface area contributed by atoms with Gasteiger partial charge in [0.1, 0.15) is 0 Å². The molecule has 2 heterocycles. The maximum absolute atomic E-state index is 12.0. The van der Waals surface area contributed by atoms with Crippen molar-refractivity contribution in [1.29, 1.82) is 0 Å². The predicted octanol–water partition coefficient (Wildman–Crippen LogP) is 0.898. The van der Waals surface area contributed by atoms with Gasteiger partial charge in [0, 0.05) is 11.5 Å². The van der Waals surface area contributed by atoms with E-state index in [4.69, 9.17) is 0 Å². The Balaban J connectivity index is 1.92. The molecule has 0 unspecified atom stereocenters. The molecule has 2 aromatic heterocycles. The normalized spacial score (nSPS) is 10.5. The van der Waals surface area contributed by atoms with Crippen LogP contribution in [-0.2, 0) is 0 Å². The molecule has 3 N–H and O–H groups in total. The van der Waals surface area contributed by atoms with Crippen LogP contribution in [0.3, 0.4) is 0 Å². The molecular weight excluding hydrogens is 246 g/mol. The van der Waals surface area contributed by atoms with Gasteiger partial charge in [-0.1, -0.05) is 18.2 Å². The molecule has 0 atom stereocenters. The van der Waals surface area contributed by atoms with E-state index in [1.807, 2.05) is 18.2 Å². The second-order valence-corrected chi connectivity index (χ2v) is 3.88. The summed E-state index contributed by atoms with van der Waals surface area (Å²) >= 11 is 0. The van der Waals surface area contributed by atoms with Gasteiger partial charge in [0.25, 0.3) is 11.5 Å². The van der Waals surface area contributed by atoms with Gasteiger partial charge in [0.15, 0.2) is 11.5 Å². The first-order valence-corrected chi connectivity index (χ1v) is 5.54.